The third-order valence-electron chi connectivity index (χ3n) is 2.67. The number of benzene rings is 1. The van der Waals surface area contributed by atoms with E-state index in [1.54, 1.807) is 12.1 Å². The highest BCUT2D eigenvalue weighted by Gasteiger charge is 2.04. The highest BCUT2D eigenvalue weighted by molar-refractivity contribution is 9.10. The summed E-state index contributed by atoms with van der Waals surface area (Å²) in [4.78, 5) is 0. The third kappa shape index (κ3) is 4.90. The van der Waals surface area contributed by atoms with Gasteiger partial charge >= 0.3 is 0 Å². The summed E-state index contributed by atoms with van der Waals surface area (Å²) in [7, 11) is 0. The van der Waals surface area contributed by atoms with Crippen LogP contribution in [0.25, 0.3) is 0 Å². The third-order valence-corrected chi connectivity index (χ3v) is 3.28. The second-order valence-corrected chi connectivity index (χ2v) is 5.00. The smallest absolute Gasteiger partial charge is 0.139 e. The van der Waals surface area contributed by atoms with E-state index >= 15 is 0 Å². The van der Waals surface area contributed by atoms with E-state index in [1.165, 1.54) is 12.8 Å². The molecule has 0 unspecified atom stereocenters. The number of aryl methyl sites for hydroxylation is 1. The summed E-state index contributed by atoms with van der Waals surface area (Å²) in [6.45, 7) is 6.56. The molecule has 0 atom stereocenters. The van der Waals surface area contributed by atoms with Crippen LogP contribution in [0.4, 0.5) is 10.1 Å². The highest BCUT2D eigenvalue weighted by atomic mass is 79.9. The van der Waals surface area contributed by atoms with Gasteiger partial charge in [0.1, 0.15) is 5.82 Å². The minimum absolute atomic E-state index is 0.218. The van der Waals surface area contributed by atoms with Crippen LogP contribution >= 0.6 is 15.9 Å². The zero-order chi connectivity index (χ0) is 12.7. The maximum absolute atomic E-state index is 13.3. The second kappa shape index (κ2) is 7.49. The van der Waals surface area contributed by atoms with E-state index in [9.17, 15) is 4.39 Å². The Bertz CT molecular complexity index is 377. The van der Waals surface area contributed by atoms with E-state index < -0.39 is 0 Å². The maximum atomic E-state index is 13.3. The molecule has 3 heteroatoms. The van der Waals surface area contributed by atoms with Crippen LogP contribution in [0.5, 0.6) is 0 Å². The van der Waals surface area contributed by atoms with Crippen molar-refractivity contribution in [3.8, 4) is 0 Å². The fourth-order valence-electron chi connectivity index (χ4n) is 1.65. The average Bonchev–Trinajstić information content (AvgIpc) is 2.30. The van der Waals surface area contributed by atoms with Gasteiger partial charge in [0.2, 0.25) is 0 Å². The summed E-state index contributed by atoms with van der Waals surface area (Å²) in [5, 5.41) is 3.27. The number of unbranched alkanes of at least 4 members (excludes halogenated alkanes) is 3. The fourth-order valence-corrected chi connectivity index (χ4v) is 2.11. The highest BCUT2D eigenvalue weighted by Crippen LogP contribution is 2.23. The van der Waals surface area contributed by atoms with Crippen LogP contribution in [-0.4, -0.2) is 6.54 Å². The van der Waals surface area contributed by atoms with Crippen molar-refractivity contribution in [1.29, 1.82) is 0 Å². The van der Waals surface area contributed by atoms with Crippen molar-refractivity contribution in [2.75, 3.05) is 11.9 Å². The van der Waals surface area contributed by atoms with Crippen LogP contribution in [0.3, 0.4) is 0 Å². The average molecular weight is 300 g/mol. The molecule has 94 valence electrons. The van der Waals surface area contributed by atoms with Gasteiger partial charge in [-0.15, -0.1) is 6.58 Å². The SMILES string of the molecule is C=CCCCCCNc1cc(F)c(Br)cc1C. The maximum Gasteiger partial charge on any atom is 0.139 e. The zero-order valence-electron chi connectivity index (χ0n) is 10.2. The van der Waals surface area contributed by atoms with Crippen molar-refractivity contribution >= 4 is 21.6 Å². The summed E-state index contributed by atoms with van der Waals surface area (Å²) in [6, 6.07) is 3.35. The molecule has 1 N–H and O–H groups in total. The van der Waals surface area contributed by atoms with Gasteiger partial charge in [-0.2, -0.15) is 0 Å². The molecule has 17 heavy (non-hydrogen) atoms. The van der Waals surface area contributed by atoms with E-state index in [0.717, 1.165) is 30.6 Å². The van der Waals surface area contributed by atoms with Crippen molar-refractivity contribution in [2.24, 2.45) is 0 Å². The molecule has 0 bridgehead atoms. The van der Waals surface area contributed by atoms with E-state index in [-0.39, 0.29) is 5.82 Å². The Morgan fingerprint density at radius 3 is 2.82 bits per heavy atom. The van der Waals surface area contributed by atoms with Crippen molar-refractivity contribution in [1.82, 2.24) is 0 Å². The van der Waals surface area contributed by atoms with Gasteiger partial charge < -0.3 is 5.32 Å². The molecule has 0 spiro atoms. The molecule has 1 aromatic carbocycles. The molecule has 0 heterocycles. The molecular formula is C14H19BrFN. The zero-order valence-corrected chi connectivity index (χ0v) is 11.8. The second-order valence-electron chi connectivity index (χ2n) is 4.15. The lowest BCUT2D eigenvalue weighted by Gasteiger charge is -2.10. The number of nitrogens with one attached hydrogen (secondary N) is 1. The van der Waals surface area contributed by atoms with E-state index in [2.05, 4.69) is 27.8 Å². The minimum atomic E-state index is -0.218. The number of halogens is 2. The Hall–Kier alpha value is -0.830. The van der Waals surface area contributed by atoms with Crippen molar-refractivity contribution < 1.29 is 4.39 Å². The summed E-state index contributed by atoms with van der Waals surface area (Å²) in [5.74, 6) is -0.218. The lowest BCUT2D eigenvalue weighted by molar-refractivity contribution is 0.621. The predicted molar refractivity (Wildman–Crippen MR) is 76.0 cm³/mol. The van der Waals surface area contributed by atoms with Crippen LogP contribution in [0.1, 0.15) is 31.2 Å². The Morgan fingerprint density at radius 2 is 2.12 bits per heavy atom. The Labute approximate surface area is 111 Å². The first-order chi connectivity index (χ1) is 8.15. The molecule has 0 aromatic heterocycles. The van der Waals surface area contributed by atoms with Crippen LogP contribution in [0, 0.1) is 12.7 Å². The summed E-state index contributed by atoms with van der Waals surface area (Å²) in [6.07, 6.45) is 6.48. The minimum Gasteiger partial charge on any atom is -0.385 e. The van der Waals surface area contributed by atoms with Crippen molar-refractivity contribution in [2.45, 2.75) is 32.6 Å². The number of allylic oxidation sites excluding steroid dienone is 1. The number of hydrogen-bond donors (Lipinski definition) is 1. The van der Waals surface area contributed by atoms with Gasteiger partial charge in [0.15, 0.2) is 0 Å². The van der Waals surface area contributed by atoms with Crippen LogP contribution < -0.4 is 5.32 Å². The van der Waals surface area contributed by atoms with E-state index in [0.29, 0.717) is 4.47 Å². The molecule has 0 fully saturated rings. The van der Waals surface area contributed by atoms with Crippen LogP contribution in [0.2, 0.25) is 0 Å². The van der Waals surface area contributed by atoms with Gasteiger partial charge in [-0.05, 0) is 59.8 Å². The Kier molecular flexibility index (Phi) is 6.27. The Morgan fingerprint density at radius 1 is 1.35 bits per heavy atom. The molecule has 1 rings (SSSR count). The van der Waals surface area contributed by atoms with Gasteiger partial charge in [-0.3, -0.25) is 0 Å². The molecule has 0 saturated heterocycles. The van der Waals surface area contributed by atoms with Crippen LogP contribution in [-0.2, 0) is 0 Å². The number of rotatable bonds is 7. The quantitative estimate of drug-likeness (QED) is 0.548. The lowest BCUT2D eigenvalue weighted by Crippen LogP contribution is -2.03. The molecule has 0 aliphatic heterocycles. The van der Waals surface area contributed by atoms with Gasteiger partial charge in [0, 0.05) is 12.2 Å². The molecular weight excluding hydrogens is 281 g/mol. The van der Waals surface area contributed by atoms with Crippen LogP contribution in [0.15, 0.2) is 29.3 Å². The van der Waals surface area contributed by atoms with Gasteiger partial charge in [0.25, 0.3) is 0 Å². The summed E-state index contributed by atoms with van der Waals surface area (Å²) < 4.78 is 13.9. The van der Waals surface area contributed by atoms with Gasteiger partial charge in [-0.25, -0.2) is 4.39 Å². The van der Waals surface area contributed by atoms with Gasteiger partial charge in [-0.1, -0.05) is 12.5 Å². The fraction of sp³-hybridized carbons (Fsp3) is 0.429. The number of hydrogen-bond acceptors (Lipinski definition) is 1. The lowest BCUT2D eigenvalue weighted by atomic mass is 10.1. The standard InChI is InChI=1S/C14H19BrFN/c1-3-4-5-6-7-8-17-14-10-13(16)12(15)9-11(14)2/h3,9-10,17H,1,4-8H2,2H3. The molecule has 0 saturated carbocycles. The topological polar surface area (TPSA) is 12.0 Å². The summed E-state index contributed by atoms with van der Waals surface area (Å²) >= 11 is 3.18. The van der Waals surface area contributed by atoms with E-state index in [1.807, 2.05) is 13.0 Å². The molecule has 0 amide bonds. The largest absolute Gasteiger partial charge is 0.385 e. The normalized spacial score (nSPS) is 10.3. The first-order valence-corrected chi connectivity index (χ1v) is 6.75. The molecule has 0 radical (unpaired) electrons. The van der Waals surface area contributed by atoms with Crippen molar-refractivity contribution in [3.63, 3.8) is 0 Å². The first kappa shape index (κ1) is 14.2. The molecule has 1 aromatic rings. The predicted octanol–water partition coefficient (Wildman–Crippen LogP) is 5.05. The molecule has 0 aliphatic rings. The van der Waals surface area contributed by atoms with Crippen molar-refractivity contribution in [3.05, 3.63) is 40.6 Å². The Balaban J connectivity index is 2.36. The monoisotopic (exact) mass is 299 g/mol. The first-order valence-electron chi connectivity index (χ1n) is 5.95. The number of anilines is 1. The molecule has 1 nitrogen and oxygen atoms in total. The molecule has 0 aliphatic carbocycles. The summed E-state index contributed by atoms with van der Waals surface area (Å²) in [5.41, 5.74) is 1.94. The van der Waals surface area contributed by atoms with E-state index in [4.69, 9.17) is 0 Å². The van der Waals surface area contributed by atoms with Gasteiger partial charge in [0.05, 0.1) is 4.47 Å².